The van der Waals surface area contributed by atoms with Crippen LogP contribution in [0.1, 0.15) is 53.4 Å². The molecule has 0 aliphatic heterocycles. The highest BCUT2D eigenvalue weighted by molar-refractivity contribution is 4.84. The van der Waals surface area contributed by atoms with Gasteiger partial charge in [0, 0.05) is 0 Å². The summed E-state index contributed by atoms with van der Waals surface area (Å²) in [5.74, 6) is 1.80. The van der Waals surface area contributed by atoms with Crippen LogP contribution in [0.2, 0.25) is 0 Å². The van der Waals surface area contributed by atoms with E-state index >= 15 is 0 Å². The largest absolute Gasteiger partial charge is 0.498 e. The maximum atomic E-state index is 5.60. The van der Waals surface area contributed by atoms with E-state index in [0.717, 1.165) is 18.3 Å². The van der Waals surface area contributed by atoms with Crippen molar-refractivity contribution < 1.29 is 4.74 Å². The average molecular weight is 184 g/mol. The minimum absolute atomic E-state index is 0.745. The van der Waals surface area contributed by atoms with Gasteiger partial charge in [0.2, 0.25) is 0 Å². The minimum Gasteiger partial charge on any atom is -0.498 e. The topological polar surface area (TPSA) is 9.23 Å². The summed E-state index contributed by atoms with van der Waals surface area (Å²) < 4.78 is 5.60. The van der Waals surface area contributed by atoms with Crippen molar-refractivity contribution in [3.63, 3.8) is 0 Å². The van der Waals surface area contributed by atoms with Crippen molar-refractivity contribution >= 4 is 0 Å². The van der Waals surface area contributed by atoms with Crippen molar-refractivity contribution in [2.75, 3.05) is 6.61 Å². The van der Waals surface area contributed by atoms with Gasteiger partial charge in [-0.15, -0.1) is 0 Å². The van der Waals surface area contributed by atoms with Crippen molar-refractivity contribution in [1.29, 1.82) is 0 Å². The highest BCUT2D eigenvalue weighted by Gasteiger charge is 2.05. The van der Waals surface area contributed by atoms with Crippen molar-refractivity contribution in [2.45, 2.75) is 53.4 Å². The molecule has 78 valence electrons. The maximum Gasteiger partial charge on any atom is 0.0905 e. The summed E-state index contributed by atoms with van der Waals surface area (Å²) in [6.45, 7) is 9.42. The Kier molecular flexibility index (Phi) is 7.86. The number of hydrogen-bond acceptors (Lipinski definition) is 1. The summed E-state index contributed by atoms with van der Waals surface area (Å²) in [5.41, 5.74) is 0. The molecule has 0 spiro atoms. The molecule has 0 aliphatic rings. The number of unbranched alkanes of at least 4 members (excludes halogenated alkanes) is 1. The lowest BCUT2D eigenvalue weighted by Crippen LogP contribution is -2.07. The van der Waals surface area contributed by atoms with Gasteiger partial charge in [-0.25, -0.2) is 0 Å². The van der Waals surface area contributed by atoms with Crippen LogP contribution in [-0.2, 0) is 4.74 Å². The molecular weight excluding hydrogens is 160 g/mol. The normalized spacial score (nSPS) is 14.3. The van der Waals surface area contributed by atoms with Gasteiger partial charge in [0.15, 0.2) is 0 Å². The highest BCUT2D eigenvalue weighted by atomic mass is 16.5. The number of rotatable bonds is 7. The molecule has 0 aromatic rings. The first-order valence-electron chi connectivity index (χ1n) is 5.50. The molecule has 1 nitrogen and oxygen atoms in total. The van der Waals surface area contributed by atoms with Gasteiger partial charge in [0.05, 0.1) is 12.4 Å². The van der Waals surface area contributed by atoms with E-state index in [0.29, 0.717) is 0 Å². The quantitative estimate of drug-likeness (QED) is 0.540. The SMILES string of the molecule is C/C=C(\C)OCC(CC)CCCC. The van der Waals surface area contributed by atoms with Gasteiger partial charge in [-0.3, -0.25) is 0 Å². The van der Waals surface area contributed by atoms with Gasteiger partial charge < -0.3 is 4.74 Å². The van der Waals surface area contributed by atoms with Gasteiger partial charge in [-0.2, -0.15) is 0 Å². The molecule has 0 saturated carbocycles. The van der Waals surface area contributed by atoms with Crippen LogP contribution in [0.25, 0.3) is 0 Å². The Morgan fingerprint density at radius 2 is 2.08 bits per heavy atom. The first-order chi connectivity index (χ1) is 6.24. The average Bonchev–Trinajstić information content (AvgIpc) is 2.17. The fourth-order valence-electron chi connectivity index (χ4n) is 1.23. The summed E-state index contributed by atoms with van der Waals surface area (Å²) in [4.78, 5) is 0. The Balaban J connectivity index is 3.59. The fourth-order valence-corrected chi connectivity index (χ4v) is 1.23. The number of hydrogen-bond donors (Lipinski definition) is 0. The first kappa shape index (κ1) is 12.5. The van der Waals surface area contributed by atoms with E-state index in [2.05, 4.69) is 13.8 Å². The summed E-state index contributed by atoms with van der Waals surface area (Å²) in [7, 11) is 0. The Morgan fingerprint density at radius 1 is 1.38 bits per heavy atom. The second-order valence-corrected chi connectivity index (χ2v) is 3.63. The predicted molar refractivity (Wildman–Crippen MR) is 58.7 cm³/mol. The second kappa shape index (κ2) is 8.15. The monoisotopic (exact) mass is 184 g/mol. The molecule has 0 heterocycles. The molecule has 0 aliphatic carbocycles. The molecule has 1 heteroatoms. The third kappa shape index (κ3) is 6.68. The Labute approximate surface area is 83.2 Å². The van der Waals surface area contributed by atoms with Gasteiger partial charge in [0.25, 0.3) is 0 Å². The summed E-state index contributed by atoms with van der Waals surface area (Å²) in [6, 6.07) is 0. The molecular formula is C12H24O. The van der Waals surface area contributed by atoms with E-state index < -0.39 is 0 Å². The molecule has 0 saturated heterocycles. The lowest BCUT2D eigenvalue weighted by atomic mass is 10.0. The zero-order chi connectivity index (χ0) is 10.1. The van der Waals surface area contributed by atoms with Gasteiger partial charge >= 0.3 is 0 Å². The van der Waals surface area contributed by atoms with Crippen LogP contribution in [0.15, 0.2) is 11.8 Å². The van der Waals surface area contributed by atoms with E-state index in [1.54, 1.807) is 0 Å². The predicted octanol–water partition coefficient (Wildman–Crippen LogP) is 4.14. The third-order valence-electron chi connectivity index (χ3n) is 2.50. The Morgan fingerprint density at radius 3 is 2.54 bits per heavy atom. The lowest BCUT2D eigenvalue weighted by molar-refractivity contribution is 0.157. The van der Waals surface area contributed by atoms with Crippen LogP contribution in [-0.4, -0.2) is 6.61 Å². The second-order valence-electron chi connectivity index (χ2n) is 3.63. The molecule has 0 rings (SSSR count). The molecule has 1 unspecified atom stereocenters. The van der Waals surface area contributed by atoms with Crippen molar-refractivity contribution in [1.82, 2.24) is 0 Å². The molecule has 1 atom stereocenters. The van der Waals surface area contributed by atoms with Crippen LogP contribution >= 0.6 is 0 Å². The lowest BCUT2D eigenvalue weighted by Gasteiger charge is -2.15. The smallest absolute Gasteiger partial charge is 0.0905 e. The van der Waals surface area contributed by atoms with E-state index in [4.69, 9.17) is 4.74 Å². The van der Waals surface area contributed by atoms with E-state index in [1.165, 1.54) is 25.7 Å². The first-order valence-corrected chi connectivity index (χ1v) is 5.50. The van der Waals surface area contributed by atoms with Crippen LogP contribution in [0.3, 0.4) is 0 Å². The summed E-state index contributed by atoms with van der Waals surface area (Å²) >= 11 is 0. The summed E-state index contributed by atoms with van der Waals surface area (Å²) in [6.07, 6.45) is 7.18. The van der Waals surface area contributed by atoms with E-state index in [-0.39, 0.29) is 0 Å². The van der Waals surface area contributed by atoms with Crippen molar-refractivity contribution in [2.24, 2.45) is 5.92 Å². The number of ether oxygens (including phenoxy) is 1. The molecule has 0 aromatic heterocycles. The summed E-state index contributed by atoms with van der Waals surface area (Å²) in [5, 5.41) is 0. The van der Waals surface area contributed by atoms with Gasteiger partial charge in [-0.05, 0) is 26.2 Å². The standard InChI is InChI=1S/C12H24O/c1-5-8-9-12(7-3)10-13-11(4)6-2/h6,12H,5,7-10H2,1-4H3/b11-6+. The van der Waals surface area contributed by atoms with E-state index in [1.807, 2.05) is 19.9 Å². The van der Waals surface area contributed by atoms with Crippen LogP contribution < -0.4 is 0 Å². The van der Waals surface area contributed by atoms with Crippen molar-refractivity contribution in [3.8, 4) is 0 Å². The zero-order valence-corrected chi connectivity index (χ0v) is 9.60. The molecule has 0 aromatic carbocycles. The molecule has 0 radical (unpaired) electrons. The Hall–Kier alpha value is -0.460. The molecule has 13 heavy (non-hydrogen) atoms. The Bertz CT molecular complexity index is 138. The van der Waals surface area contributed by atoms with Crippen LogP contribution in [0.5, 0.6) is 0 Å². The highest BCUT2D eigenvalue weighted by Crippen LogP contribution is 2.14. The minimum atomic E-state index is 0.745. The number of allylic oxidation sites excluding steroid dienone is 2. The fraction of sp³-hybridized carbons (Fsp3) is 0.833. The van der Waals surface area contributed by atoms with E-state index in [9.17, 15) is 0 Å². The third-order valence-corrected chi connectivity index (χ3v) is 2.50. The molecule has 0 N–H and O–H groups in total. The molecule has 0 bridgehead atoms. The van der Waals surface area contributed by atoms with Crippen LogP contribution in [0, 0.1) is 5.92 Å². The van der Waals surface area contributed by atoms with Gasteiger partial charge in [0.1, 0.15) is 0 Å². The van der Waals surface area contributed by atoms with Crippen molar-refractivity contribution in [3.05, 3.63) is 11.8 Å². The maximum absolute atomic E-state index is 5.60. The zero-order valence-electron chi connectivity index (χ0n) is 9.60. The molecule has 0 amide bonds. The van der Waals surface area contributed by atoms with Gasteiger partial charge in [-0.1, -0.05) is 39.2 Å². The molecule has 0 fully saturated rings. The van der Waals surface area contributed by atoms with Crippen LogP contribution in [0.4, 0.5) is 0 Å².